The molecule has 7 heteroatoms. The van der Waals surface area contributed by atoms with Crippen molar-refractivity contribution in [1.29, 1.82) is 0 Å². The lowest BCUT2D eigenvalue weighted by Crippen LogP contribution is -2.07. The van der Waals surface area contributed by atoms with Gasteiger partial charge in [-0.15, -0.1) is 0 Å². The minimum atomic E-state index is -2.79. The summed E-state index contributed by atoms with van der Waals surface area (Å²) < 4.78 is 29.7. The highest BCUT2D eigenvalue weighted by Gasteiger charge is 2.19. The molecule has 0 atom stereocenters. The van der Waals surface area contributed by atoms with E-state index >= 15 is 0 Å². The van der Waals surface area contributed by atoms with Gasteiger partial charge in [-0.3, -0.25) is 4.79 Å². The second kappa shape index (κ2) is 5.54. The number of aromatic nitrogens is 1. The monoisotopic (exact) mass is 313 g/mol. The summed E-state index contributed by atoms with van der Waals surface area (Å²) in [6, 6.07) is 1.41. The highest BCUT2D eigenvalue weighted by Crippen LogP contribution is 2.30. The third kappa shape index (κ3) is 3.12. The molecule has 88 valence electrons. The highest BCUT2D eigenvalue weighted by atomic mass is 79.9. The molecule has 0 aromatic carbocycles. The van der Waals surface area contributed by atoms with Crippen LogP contribution >= 0.6 is 27.5 Å². The van der Waals surface area contributed by atoms with Crippen LogP contribution in [0.15, 0.2) is 10.7 Å². The van der Waals surface area contributed by atoms with Gasteiger partial charge >= 0.3 is 5.97 Å². The van der Waals surface area contributed by atoms with Gasteiger partial charge in [-0.25, -0.2) is 13.8 Å². The summed E-state index contributed by atoms with van der Waals surface area (Å²) in [6.45, 7) is 0. The minimum Gasteiger partial charge on any atom is -0.469 e. The molecule has 0 N–H and O–H groups in total. The zero-order chi connectivity index (χ0) is 12.3. The van der Waals surface area contributed by atoms with E-state index in [1.807, 2.05) is 0 Å². The zero-order valence-corrected chi connectivity index (χ0v) is 10.5. The standard InChI is InChI=1S/C9H7BrClF2NO2/c1-16-6(15)3-4-2-5(10)14-8(7(4)11)9(12)13/h2,9H,3H2,1H3. The second-order valence-corrected chi connectivity index (χ2v) is 4.05. The molecule has 0 bridgehead atoms. The Morgan fingerprint density at radius 3 is 2.81 bits per heavy atom. The lowest BCUT2D eigenvalue weighted by Gasteiger charge is -2.08. The van der Waals surface area contributed by atoms with Gasteiger partial charge in [0.25, 0.3) is 6.43 Å². The number of methoxy groups -OCH3 is 1. The number of halogens is 4. The third-order valence-corrected chi connectivity index (χ3v) is 2.64. The Labute approximate surface area is 104 Å². The van der Waals surface area contributed by atoms with Gasteiger partial charge < -0.3 is 4.74 Å². The van der Waals surface area contributed by atoms with Gasteiger partial charge in [0, 0.05) is 0 Å². The normalized spacial score (nSPS) is 10.6. The van der Waals surface area contributed by atoms with Crippen LogP contribution in [-0.2, 0) is 16.0 Å². The van der Waals surface area contributed by atoms with Crippen molar-refractivity contribution in [3.05, 3.63) is 26.9 Å². The van der Waals surface area contributed by atoms with Crippen molar-refractivity contribution in [2.45, 2.75) is 12.8 Å². The molecule has 3 nitrogen and oxygen atoms in total. The Hall–Kier alpha value is -0.750. The van der Waals surface area contributed by atoms with Crippen LogP contribution in [0.1, 0.15) is 17.7 Å². The quantitative estimate of drug-likeness (QED) is 0.635. The summed E-state index contributed by atoms with van der Waals surface area (Å²) in [6.07, 6.45) is -2.96. The summed E-state index contributed by atoms with van der Waals surface area (Å²) in [5.74, 6) is -0.555. The van der Waals surface area contributed by atoms with Gasteiger partial charge in [0.05, 0.1) is 18.6 Å². The highest BCUT2D eigenvalue weighted by molar-refractivity contribution is 9.10. The minimum absolute atomic E-state index is 0.170. The molecule has 1 aromatic heterocycles. The molecule has 16 heavy (non-hydrogen) atoms. The third-order valence-electron chi connectivity index (χ3n) is 1.80. The van der Waals surface area contributed by atoms with Gasteiger partial charge in [-0.05, 0) is 27.6 Å². The van der Waals surface area contributed by atoms with Crippen molar-refractivity contribution in [3.63, 3.8) is 0 Å². The van der Waals surface area contributed by atoms with E-state index in [9.17, 15) is 13.6 Å². The maximum absolute atomic E-state index is 12.5. The molecule has 0 radical (unpaired) electrons. The number of esters is 1. The van der Waals surface area contributed by atoms with Crippen LogP contribution in [0.4, 0.5) is 8.78 Å². The van der Waals surface area contributed by atoms with E-state index in [1.54, 1.807) is 0 Å². The first-order valence-electron chi connectivity index (χ1n) is 4.15. The van der Waals surface area contributed by atoms with Crippen LogP contribution < -0.4 is 0 Å². The van der Waals surface area contributed by atoms with Gasteiger partial charge in [0.2, 0.25) is 0 Å². The number of hydrogen-bond acceptors (Lipinski definition) is 3. The Balaban J connectivity index is 3.14. The van der Waals surface area contributed by atoms with Crippen molar-refractivity contribution in [1.82, 2.24) is 4.98 Å². The Bertz CT molecular complexity index is 415. The maximum Gasteiger partial charge on any atom is 0.310 e. The number of ether oxygens (including phenoxy) is 1. The lowest BCUT2D eigenvalue weighted by atomic mass is 10.1. The number of rotatable bonds is 3. The van der Waals surface area contributed by atoms with Gasteiger partial charge in [-0.2, -0.15) is 0 Å². The number of hydrogen-bond donors (Lipinski definition) is 0. The average molecular weight is 315 g/mol. The molecule has 0 amide bonds. The number of pyridine rings is 1. The first-order chi connectivity index (χ1) is 7.45. The molecule has 0 spiro atoms. The van der Waals surface area contributed by atoms with E-state index in [4.69, 9.17) is 11.6 Å². The molecular weight excluding hydrogens is 307 g/mol. The topological polar surface area (TPSA) is 39.2 Å². The first-order valence-corrected chi connectivity index (χ1v) is 5.32. The largest absolute Gasteiger partial charge is 0.469 e. The van der Waals surface area contributed by atoms with E-state index in [-0.39, 0.29) is 21.6 Å². The van der Waals surface area contributed by atoms with Crippen molar-refractivity contribution in [3.8, 4) is 0 Å². The van der Waals surface area contributed by atoms with Gasteiger partial charge in [0.15, 0.2) is 0 Å². The molecule has 0 aliphatic rings. The van der Waals surface area contributed by atoms with Crippen LogP contribution in [0.25, 0.3) is 0 Å². The van der Waals surface area contributed by atoms with Gasteiger partial charge in [0.1, 0.15) is 10.3 Å². The molecule has 1 aromatic rings. The van der Waals surface area contributed by atoms with E-state index in [2.05, 4.69) is 25.7 Å². The number of carbonyl (C=O) groups excluding carboxylic acids is 1. The summed E-state index contributed by atoms with van der Waals surface area (Å²) in [5.41, 5.74) is -0.291. The summed E-state index contributed by atoms with van der Waals surface area (Å²) in [4.78, 5) is 14.6. The van der Waals surface area contributed by atoms with E-state index in [0.717, 1.165) is 0 Å². The van der Waals surface area contributed by atoms with E-state index in [1.165, 1.54) is 13.2 Å². The molecule has 0 saturated heterocycles. The fraction of sp³-hybridized carbons (Fsp3) is 0.333. The smallest absolute Gasteiger partial charge is 0.310 e. The van der Waals surface area contributed by atoms with E-state index < -0.39 is 18.1 Å². The van der Waals surface area contributed by atoms with Crippen LogP contribution in [0, 0.1) is 0 Å². The van der Waals surface area contributed by atoms with Crippen molar-refractivity contribution in [2.75, 3.05) is 7.11 Å². The summed E-state index contributed by atoms with van der Waals surface area (Å²) in [5, 5.41) is -0.205. The van der Waals surface area contributed by atoms with Crippen LogP contribution in [0.3, 0.4) is 0 Å². The molecule has 0 unspecified atom stereocenters. The first kappa shape index (κ1) is 13.3. The Morgan fingerprint density at radius 1 is 1.69 bits per heavy atom. The number of nitrogens with zero attached hydrogens (tertiary/aromatic N) is 1. The molecule has 0 saturated carbocycles. The zero-order valence-electron chi connectivity index (χ0n) is 8.14. The molecule has 1 rings (SSSR count). The second-order valence-electron chi connectivity index (χ2n) is 2.86. The van der Waals surface area contributed by atoms with Crippen LogP contribution in [0.2, 0.25) is 5.02 Å². The molecule has 0 aliphatic heterocycles. The van der Waals surface area contributed by atoms with E-state index in [0.29, 0.717) is 0 Å². The predicted octanol–water partition coefficient (Wildman–Crippen LogP) is 3.15. The number of carbonyl (C=O) groups is 1. The Kier molecular flexibility index (Phi) is 4.61. The van der Waals surface area contributed by atoms with Crippen molar-refractivity contribution in [2.24, 2.45) is 0 Å². The predicted molar refractivity (Wildman–Crippen MR) is 57.6 cm³/mol. The maximum atomic E-state index is 12.5. The SMILES string of the molecule is COC(=O)Cc1cc(Br)nc(C(F)F)c1Cl. The van der Waals surface area contributed by atoms with Crippen LogP contribution in [0.5, 0.6) is 0 Å². The van der Waals surface area contributed by atoms with Gasteiger partial charge in [-0.1, -0.05) is 11.6 Å². The van der Waals surface area contributed by atoms with Crippen molar-refractivity contribution < 1.29 is 18.3 Å². The average Bonchev–Trinajstić information content (AvgIpc) is 2.22. The Morgan fingerprint density at radius 2 is 2.31 bits per heavy atom. The number of alkyl halides is 2. The van der Waals surface area contributed by atoms with Crippen molar-refractivity contribution >= 4 is 33.5 Å². The van der Waals surface area contributed by atoms with Crippen LogP contribution in [-0.4, -0.2) is 18.1 Å². The molecular formula is C9H7BrClF2NO2. The summed E-state index contributed by atoms with van der Waals surface area (Å²) in [7, 11) is 1.21. The fourth-order valence-electron chi connectivity index (χ4n) is 1.07. The summed E-state index contributed by atoms with van der Waals surface area (Å²) >= 11 is 8.68. The fourth-order valence-corrected chi connectivity index (χ4v) is 1.78. The molecule has 0 aliphatic carbocycles. The molecule has 1 heterocycles. The molecule has 0 fully saturated rings. The lowest BCUT2D eigenvalue weighted by molar-refractivity contribution is -0.139.